The van der Waals surface area contributed by atoms with E-state index in [2.05, 4.69) is 13.8 Å². The van der Waals surface area contributed by atoms with Gasteiger partial charge in [-0.2, -0.15) is 0 Å². The Kier molecular flexibility index (Phi) is 3.69. The summed E-state index contributed by atoms with van der Waals surface area (Å²) >= 11 is 0. The zero-order valence-electron chi connectivity index (χ0n) is 11.2. The molecule has 0 aliphatic heterocycles. The average Bonchev–Trinajstić information content (AvgIpc) is 3.08. The van der Waals surface area contributed by atoms with Crippen LogP contribution >= 0.6 is 0 Å². The number of hydrogen-bond acceptors (Lipinski definition) is 1. The Labute approximate surface area is 108 Å². The van der Waals surface area contributed by atoms with Gasteiger partial charge in [0.25, 0.3) is 5.91 Å². The zero-order chi connectivity index (χ0) is 13.3. The molecular formula is C15H20FNO. The summed E-state index contributed by atoms with van der Waals surface area (Å²) in [5.41, 5.74) is 1.35. The quantitative estimate of drug-likeness (QED) is 0.801. The van der Waals surface area contributed by atoms with Gasteiger partial charge < -0.3 is 4.90 Å². The molecular weight excluding hydrogens is 229 g/mol. The second kappa shape index (κ2) is 5.09. The van der Waals surface area contributed by atoms with Gasteiger partial charge in [0.2, 0.25) is 0 Å². The number of benzene rings is 1. The summed E-state index contributed by atoms with van der Waals surface area (Å²) in [4.78, 5) is 14.4. The first kappa shape index (κ1) is 13.1. The maximum Gasteiger partial charge on any atom is 0.254 e. The van der Waals surface area contributed by atoms with Crippen LogP contribution in [-0.2, 0) is 0 Å². The molecule has 2 nitrogen and oxygen atoms in total. The van der Waals surface area contributed by atoms with E-state index in [0.29, 0.717) is 17.5 Å². The van der Waals surface area contributed by atoms with Gasteiger partial charge in [-0.05, 0) is 49.4 Å². The number of aryl methyl sites for hydroxylation is 1. The summed E-state index contributed by atoms with van der Waals surface area (Å²) in [5.74, 6) is 0.213. The molecule has 0 bridgehead atoms. The van der Waals surface area contributed by atoms with Gasteiger partial charge in [0.05, 0.1) is 0 Å². The van der Waals surface area contributed by atoms with Gasteiger partial charge in [-0.3, -0.25) is 4.79 Å². The minimum absolute atomic E-state index is 0.0451. The van der Waals surface area contributed by atoms with Gasteiger partial charge in [-0.15, -0.1) is 0 Å². The predicted octanol–water partition coefficient (Wildman–Crippen LogP) is 3.39. The van der Waals surface area contributed by atoms with E-state index in [9.17, 15) is 9.18 Å². The minimum atomic E-state index is -0.286. The lowest BCUT2D eigenvalue weighted by atomic mass is 10.1. The molecule has 1 amide bonds. The van der Waals surface area contributed by atoms with Gasteiger partial charge in [0, 0.05) is 18.2 Å². The van der Waals surface area contributed by atoms with Crippen molar-refractivity contribution in [1.82, 2.24) is 4.90 Å². The molecule has 1 aliphatic rings. The van der Waals surface area contributed by atoms with Gasteiger partial charge in [-0.1, -0.05) is 13.8 Å². The summed E-state index contributed by atoms with van der Waals surface area (Å²) in [5, 5.41) is 0. The molecule has 1 fully saturated rings. The maximum atomic E-state index is 13.1. The lowest BCUT2D eigenvalue weighted by molar-refractivity contribution is 0.0721. The first-order valence-electron chi connectivity index (χ1n) is 6.56. The van der Waals surface area contributed by atoms with Crippen LogP contribution in [0.2, 0.25) is 0 Å². The highest BCUT2D eigenvalue weighted by Gasteiger charge is 2.33. The fraction of sp³-hybridized carbons (Fsp3) is 0.533. The van der Waals surface area contributed by atoms with Crippen LogP contribution in [0.5, 0.6) is 0 Å². The second-order valence-corrected chi connectivity index (χ2v) is 5.54. The van der Waals surface area contributed by atoms with E-state index in [0.717, 1.165) is 24.9 Å². The third kappa shape index (κ3) is 2.89. The molecule has 2 rings (SSSR count). The average molecular weight is 249 g/mol. The van der Waals surface area contributed by atoms with E-state index in [4.69, 9.17) is 0 Å². The van der Waals surface area contributed by atoms with Gasteiger partial charge >= 0.3 is 0 Å². The van der Waals surface area contributed by atoms with Crippen LogP contribution in [0.25, 0.3) is 0 Å². The molecule has 0 N–H and O–H groups in total. The smallest absolute Gasteiger partial charge is 0.254 e. The third-order valence-electron chi connectivity index (χ3n) is 3.23. The van der Waals surface area contributed by atoms with E-state index in [1.54, 1.807) is 13.0 Å². The lowest BCUT2D eigenvalue weighted by Gasteiger charge is -2.25. The van der Waals surface area contributed by atoms with Crippen LogP contribution in [0.4, 0.5) is 4.39 Å². The fourth-order valence-corrected chi connectivity index (χ4v) is 2.20. The Morgan fingerprint density at radius 2 is 2.11 bits per heavy atom. The number of carbonyl (C=O) groups is 1. The van der Waals surface area contributed by atoms with Crippen molar-refractivity contribution in [2.45, 2.75) is 39.7 Å². The van der Waals surface area contributed by atoms with Crippen molar-refractivity contribution in [2.75, 3.05) is 6.54 Å². The third-order valence-corrected chi connectivity index (χ3v) is 3.23. The molecule has 1 aromatic rings. The number of nitrogens with zero attached hydrogens (tertiary/aromatic N) is 1. The van der Waals surface area contributed by atoms with E-state index in [1.807, 2.05) is 4.90 Å². The van der Waals surface area contributed by atoms with Crippen molar-refractivity contribution in [3.8, 4) is 0 Å². The number of amides is 1. The SMILES string of the molecule is Cc1cc(F)ccc1C(=O)N(CC(C)C)C1CC1. The fourth-order valence-electron chi connectivity index (χ4n) is 2.20. The van der Waals surface area contributed by atoms with Gasteiger partial charge in [-0.25, -0.2) is 4.39 Å². The van der Waals surface area contributed by atoms with Crippen LogP contribution in [0.1, 0.15) is 42.6 Å². The van der Waals surface area contributed by atoms with Crippen molar-refractivity contribution >= 4 is 5.91 Å². The highest BCUT2D eigenvalue weighted by Crippen LogP contribution is 2.29. The first-order valence-corrected chi connectivity index (χ1v) is 6.56. The highest BCUT2D eigenvalue weighted by molar-refractivity contribution is 5.96. The molecule has 1 aromatic carbocycles. The zero-order valence-corrected chi connectivity index (χ0v) is 11.2. The lowest BCUT2D eigenvalue weighted by Crippen LogP contribution is -2.36. The second-order valence-electron chi connectivity index (χ2n) is 5.54. The standard InChI is InChI=1S/C15H20FNO/c1-10(2)9-17(13-5-6-13)15(18)14-7-4-12(16)8-11(14)3/h4,7-8,10,13H,5-6,9H2,1-3H3. The molecule has 0 aromatic heterocycles. The van der Waals surface area contributed by atoms with Crippen LogP contribution < -0.4 is 0 Å². The topological polar surface area (TPSA) is 20.3 Å². The molecule has 0 saturated heterocycles. The molecule has 18 heavy (non-hydrogen) atoms. The van der Waals surface area contributed by atoms with Crippen LogP contribution in [0.15, 0.2) is 18.2 Å². The summed E-state index contributed by atoms with van der Waals surface area (Å²) in [6, 6.07) is 4.78. The van der Waals surface area contributed by atoms with E-state index >= 15 is 0 Å². The number of halogens is 1. The van der Waals surface area contributed by atoms with Crippen molar-refractivity contribution < 1.29 is 9.18 Å². The molecule has 0 radical (unpaired) electrons. The van der Waals surface area contributed by atoms with Gasteiger partial charge in [0.15, 0.2) is 0 Å². The van der Waals surface area contributed by atoms with Gasteiger partial charge in [0.1, 0.15) is 5.82 Å². The maximum absolute atomic E-state index is 13.1. The summed E-state index contributed by atoms with van der Waals surface area (Å²) in [6.07, 6.45) is 2.19. The largest absolute Gasteiger partial charge is 0.335 e. The monoisotopic (exact) mass is 249 g/mol. The van der Waals surface area contributed by atoms with Crippen LogP contribution in [0, 0.1) is 18.7 Å². The van der Waals surface area contributed by atoms with E-state index in [1.165, 1.54) is 12.1 Å². The highest BCUT2D eigenvalue weighted by atomic mass is 19.1. The molecule has 0 spiro atoms. The Bertz CT molecular complexity index is 452. The van der Waals surface area contributed by atoms with Crippen molar-refractivity contribution in [1.29, 1.82) is 0 Å². The Morgan fingerprint density at radius 1 is 1.44 bits per heavy atom. The van der Waals surface area contributed by atoms with Crippen LogP contribution in [0.3, 0.4) is 0 Å². The van der Waals surface area contributed by atoms with E-state index < -0.39 is 0 Å². The molecule has 98 valence electrons. The molecule has 3 heteroatoms. The molecule has 0 atom stereocenters. The summed E-state index contributed by atoms with van der Waals surface area (Å²) in [6.45, 7) is 6.79. The van der Waals surface area contributed by atoms with Crippen molar-refractivity contribution in [3.05, 3.63) is 35.1 Å². The van der Waals surface area contributed by atoms with Crippen molar-refractivity contribution in [2.24, 2.45) is 5.92 Å². The van der Waals surface area contributed by atoms with Crippen LogP contribution in [-0.4, -0.2) is 23.4 Å². The van der Waals surface area contributed by atoms with Crippen molar-refractivity contribution in [3.63, 3.8) is 0 Å². The molecule has 0 heterocycles. The molecule has 1 aliphatic carbocycles. The normalized spacial score (nSPS) is 14.9. The van der Waals surface area contributed by atoms with E-state index in [-0.39, 0.29) is 11.7 Å². The number of hydrogen-bond donors (Lipinski definition) is 0. The summed E-state index contributed by atoms with van der Waals surface area (Å²) in [7, 11) is 0. The number of carbonyl (C=O) groups excluding carboxylic acids is 1. The molecule has 0 unspecified atom stereocenters. The predicted molar refractivity (Wildman–Crippen MR) is 70.0 cm³/mol. The number of rotatable bonds is 4. The summed E-state index contributed by atoms with van der Waals surface area (Å²) < 4.78 is 13.1. The Hall–Kier alpha value is -1.38. The minimum Gasteiger partial charge on any atom is -0.335 e. The Morgan fingerprint density at radius 3 is 2.61 bits per heavy atom. The molecule has 1 saturated carbocycles. The first-order chi connectivity index (χ1) is 8.49. The Balaban J connectivity index is 2.22.